The zero-order valence-electron chi connectivity index (χ0n) is 19.4. The molecular weight excluding hydrogens is 485 g/mol. The largest absolute Gasteiger partial charge is 0.467 e. The third-order valence-electron chi connectivity index (χ3n) is 5.67. The van der Waals surface area contributed by atoms with Gasteiger partial charge in [0.1, 0.15) is 23.1 Å². The number of nitrogens with one attached hydrogen (secondary N) is 2. The van der Waals surface area contributed by atoms with Crippen molar-refractivity contribution in [3.8, 4) is 23.1 Å². The van der Waals surface area contributed by atoms with E-state index in [9.17, 15) is 18.8 Å². The lowest BCUT2D eigenvalue weighted by atomic mass is 9.95. The van der Waals surface area contributed by atoms with Gasteiger partial charge >= 0.3 is 6.03 Å². The molecule has 2 aromatic carbocycles. The second-order valence-electron chi connectivity index (χ2n) is 8.09. The monoisotopic (exact) mass is 505 g/mol. The zero-order chi connectivity index (χ0) is 26.0. The van der Waals surface area contributed by atoms with Crippen LogP contribution in [-0.2, 0) is 14.3 Å². The van der Waals surface area contributed by atoms with Gasteiger partial charge in [-0.3, -0.25) is 20.2 Å². The predicted octanol–water partition coefficient (Wildman–Crippen LogP) is 2.87. The van der Waals surface area contributed by atoms with E-state index in [0.717, 1.165) is 17.1 Å². The molecule has 0 atom stereocenters. The fourth-order valence-electron chi connectivity index (χ4n) is 3.82. The van der Waals surface area contributed by atoms with Gasteiger partial charge in [-0.15, -0.1) is 0 Å². The van der Waals surface area contributed by atoms with E-state index >= 15 is 0 Å². The number of barbiturate groups is 1. The normalized spacial score (nSPS) is 14.8. The first-order chi connectivity index (χ1) is 17.9. The molecule has 0 bridgehead atoms. The van der Waals surface area contributed by atoms with Crippen LogP contribution in [0.4, 0.5) is 9.18 Å². The number of carbonyl (C=O) groups excluding carboxylic acids is 3. The Morgan fingerprint density at radius 1 is 0.919 bits per heavy atom. The second-order valence-corrected chi connectivity index (χ2v) is 8.09. The van der Waals surface area contributed by atoms with Gasteiger partial charge in [0.2, 0.25) is 0 Å². The summed E-state index contributed by atoms with van der Waals surface area (Å²) < 4.78 is 31.5. The quantitative estimate of drug-likeness (QED) is 0.349. The van der Waals surface area contributed by atoms with E-state index in [4.69, 9.17) is 14.2 Å². The number of pyridine rings is 1. The summed E-state index contributed by atoms with van der Waals surface area (Å²) in [7, 11) is 1.42. The second kappa shape index (κ2) is 9.66. The minimum Gasteiger partial charge on any atom is -0.467 e. The standard InChI is InChI=1S/C25H20FN5O6/c1-35-11-10-25(22(32)29-24(34)30-23(25)33)37-18-5-3-17(4-6-18)36-19-7-8-20-15(12-19)13-28-31(20)21-9-2-16(26)14-27-21/h2-9,12-14H,10-11H2,1H3,(H2,29,30,32,33,34). The third kappa shape index (κ3) is 4.69. The molecule has 1 saturated heterocycles. The summed E-state index contributed by atoms with van der Waals surface area (Å²) in [6, 6.07) is 13.6. The first-order valence-electron chi connectivity index (χ1n) is 11.1. The number of carbonyl (C=O) groups is 3. The maximum Gasteiger partial charge on any atom is 0.328 e. The minimum atomic E-state index is -1.96. The maximum absolute atomic E-state index is 13.2. The zero-order valence-corrected chi connectivity index (χ0v) is 19.4. The van der Waals surface area contributed by atoms with Gasteiger partial charge in [-0.1, -0.05) is 0 Å². The van der Waals surface area contributed by atoms with Gasteiger partial charge in [-0.05, 0) is 54.6 Å². The van der Waals surface area contributed by atoms with E-state index in [0.29, 0.717) is 17.3 Å². The Labute approximate surface area is 209 Å². The van der Waals surface area contributed by atoms with Crippen molar-refractivity contribution in [3.05, 3.63) is 72.8 Å². The third-order valence-corrected chi connectivity index (χ3v) is 5.67. The van der Waals surface area contributed by atoms with Crippen molar-refractivity contribution in [1.82, 2.24) is 25.4 Å². The summed E-state index contributed by atoms with van der Waals surface area (Å²) in [6.45, 7) is 0.0481. The highest BCUT2D eigenvalue weighted by Crippen LogP contribution is 2.30. The number of urea groups is 1. The first-order valence-corrected chi connectivity index (χ1v) is 11.1. The van der Waals surface area contributed by atoms with Crippen LogP contribution in [0.5, 0.6) is 17.2 Å². The van der Waals surface area contributed by atoms with Crippen molar-refractivity contribution >= 4 is 28.7 Å². The summed E-state index contributed by atoms with van der Waals surface area (Å²) in [4.78, 5) is 40.6. The number of imide groups is 2. The maximum atomic E-state index is 13.2. The molecule has 37 heavy (non-hydrogen) atoms. The van der Waals surface area contributed by atoms with Crippen LogP contribution in [0.2, 0.25) is 0 Å². The average molecular weight is 505 g/mol. The molecule has 0 unspecified atom stereocenters. The smallest absolute Gasteiger partial charge is 0.328 e. The summed E-state index contributed by atoms with van der Waals surface area (Å²) in [6.07, 6.45) is 2.67. The van der Waals surface area contributed by atoms with Gasteiger partial charge in [0.05, 0.1) is 24.5 Å². The number of amides is 4. The van der Waals surface area contributed by atoms with Crippen molar-refractivity contribution in [2.24, 2.45) is 0 Å². The van der Waals surface area contributed by atoms with Gasteiger partial charge in [-0.25, -0.2) is 18.9 Å². The lowest BCUT2D eigenvalue weighted by Crippen LogP contribution is -2.69. The number of ether oxygens (including phenoxy) is 3. The van der Waals surface area contributed by atoms with E-state index < -0.39 is 29.3 Å². The molecule has 0 radical (unpaired) electrons. The SMILES string of the molecule is COCCC1(Oc2ccc(Oc3ccc4c(cnn4-c4ccc(F)cn4)c3)cc2)C(=O)NC(=O)NC1=O. The molecule has 188 valence electrons. The molecule has 2 N–H and O–H groups in total. The summed E-state index contributed by atoms with van der Waals surface area (Å²) in [5, 5.41) is 9.23. The number of nitrogens with zero attached hydrogens (tertiary/aromatic N) is 3. The topological polar surface area (TPSA) is 134 Å². The fourth-order valence-corrected chi connectivity index (χ4v) is 3.82. The van der Waals surface area contributed by atoms with Crippen molar-refractivity contribution in [3.63, 3.8) is 0 Å². The predicted molar refractivity (Wildman–Crippen MR) is 127 cm³/mol. The van der Waals surface area contributed by atoms with Crippen molar-refractivity contribution in [2.45, 2.75) is 12.0 Å². The van der Waals surface area contributed by atoms with Gasteiger partial charge in [0.25, 0.3) is 17.4 Å². The Balaban J connectivity index is 1.32. The molecule has 0 aliphatic carbocycles. The number of methoxy groups -OCH3 is 1. The molecule has 5 rings (SSSR count). The van der Waals surface area contributed by atoms with Crippen LogP contribution < -0.4 is 20.1 Å². The highest BCUT2D eigenvalue weighted by Gasteiger charge is 2.52. The van der Waals surface area contributed by atoms with Crippen LogP contribution in [0.1, 0.15) is 6.42 Å². The summed E-state index contributed by atoms with van der Waals surface area (Å²) in [5.74, 6) is -0.475. The van der Waals surface area contributed by atoms with E-state index in [1.165, 1.54) is 31.4 Å². The Bertz CT molecular complexity index is 1470. The molecule has 12 heteroatoms. The van der Waals surface area contributed by atoms with E-state index in [1.54, 1.807) is 41.2 Å². The van der Waals surface area contributed by atoms with Crippen molar-refractivity contribution in [1.29, 1.82) is 0 Å². The molecule has 1 fully saturated rings. The number of hydrogen-bond acceptors (Lipinski definition) is 8. The van der Waals surface area contributed by atoms with Crippen LogP contribution in [0, 0.1) is 5.82 Å². The molecule has 3 heterocycles. The van der Waals surface area contributed by atoms with Crippen LogP contribution >= 0.6 is 0 Å². The van der Waals surface area contributed by atoms with Crippen LogP contribution in [0.25, 0.3) is 16.7 Å². The van der Waals surface area contributed by atoms with Gasteiger partial charge < -0.3 is 14.2 Å². The molecule has 4 amide bonds. The van der Waals surface area contributed by atoms with E-state index in [1.807, 2.05) is 0 Å². The Morgan fingerprint density at radius 2 is 1.62 bits per heavy atom. The van der Waals surface area contributed by atoms with Gasteiger partial charge in [0, 0.05) is 18.9 Å². The number of benzene rings is 2. The van der Waals surface area contributed by atoms with Crippen LogP contribution in [0.15, 0.2) is 67.0 Å². The molecule has 1 aliphatic heterocycles. The van der Waals surface area contributed by atoms with Crippen LogP contribution in [-0.4, -0.2) is 51.9 Å². The Morgan fingerprint density at radius 3 is 2.30 bits per heavy atom. The highest BCUT2D eigenvalue weighted by molar-refractivity contribution is 6.21. The summed E-state index contributed by atoms with van der Waals surface area (Å²) >= 11 is 0. The number of hydrogen-bond donors (Lipinski definition) is 2. The van der Waals surface area contributed by atoms with E-state index in [-0.39, 0.29) is 18.8 Å². The van der Waals surface area contributed by atoms with Crippen LogP contribution in [0.3, 0.4) is 0 Å². The lowest BCUT2D eigenvalue weighted by molar-refractivity contribution is -0.153. The van der Waals surface area contributed by atoms with Gasteiger partial charge in [0.15, 0.2) is 5.82 Å². The molecule has 0 spiro atoms. The fraction of sp³-hybridized carbons (Fsp3) is 0.160. The molecule has 2 aromatic heterocycles. The first kappa shape index (κ1) is 23.9. The number of rotatable bonds is 8. The number of halogens is 1. The van der Waals surface area contributed by atoms with Crippen molar-refractivity contribution in [2.75, 3.05) is 13.7 Å². The highest BCUT2D eigenvalue weighted by atomic mass is 19.1. The minimum absolute atomic E-state index is 0.0481. The van der Waals surface area contributed by atoms with Gasteiger partial charge in [-0.2, -0.15) is 5.10 Å². The molecule has 11 nitrogen and oxygen atoms in total. The number of aromatic nitrogens is 3. The number of fused-ring (bicyclic) bond motifs is 1. The molecular formula is C25H20FN5O6. The Hall–Kier alpha value is -4.84. The Kier molecular flexibility index (Phi) is 6.24. The lowest BCUT2D eigenvalue weighted by Gasteiger charge is -2.34. The molecule has 4 aromatic rings. The van der Waals surface area contributed by atoms with Crippen molar-refractivity contribution < 1.29 is 33.0 Å². The average Bonchev–Trinajstić information content (AvgIpc) is 3.30. The van der Waals surface area contributed by atoms with E-state index in [2.05, 4.69) is 20.7 Å². The molecule has 0 saturated carbocycles. The summed E-state index contributed by atoms with van der Waals surface area (Å²) in [5.41, 5.74) is -1.20. The molecule has 1 aliphatic rings.